The van der Waals surface area contributed by atoms with Crippen molar-refractivity contribution in [1.29, 1.82) is 0 Å². The predicted molar refractivity (Wildman–Crippen MR) is 121 cm³/mol. The highest BCUT2D eigenvalue weighted by atomic mass is 16.5. The Morgan fingerprint density at radius 3 is 2.40 bits per heavy atom. The number of hydrogen-bond acceptors (Lipinski definition) is 3. The second kappa shape index (κ2) is 8.78. The molecule has 6 heteroatoms. The molecule has 2 aromatic carbocycles. The molecule has 3 rings (SSSR count). The van der Waals surface area contributed by atoms with Crippen LogP contribution in [0.25, 0.3) is 0 Å². The molecule has 6 nitrogen and oxygen atoms in total. The van der Waals surface area contributed by atoms with Crippen LogP contribution >= 0.6 is 0 Å². The average molecular weight is 410 g/mol. The molecule has 0 radical (unpaired) electrons. The largest absolute Gasteiger partial charge is 0.490 e. The van der Waals surface area contributed by atoms with Gasteiger partial charge < -0.3 is 20.3 Å². The minimum absolute atomic E-state index is 0.0307. The molecule has 3 amide bonds. The van der Waals surface area contributed by atoms with Gasteiger partial charge in [-0.2, -0.15) is 0 Å². The van der Waals surface area contributed by atoms with Crippen LogP contribution in [-0.4, -0.2) is 25.1 Å². The second-order valence-corrected chi connectivity index (χ2v) is 8.94. The van der Waals surface area contributed by atoms with Crippen molar-refractivity contribution >= 4 is 29.0 Å². The molecule has 0 saturated heterocycles. The number of urea groups is 1. The van der Waals surface area contributed by atoms with E-state index >= 15 is 0 Å². The van der Waals surface area contributed by atoms with Crippen molar-refractivity contribution < 1.29 is 14.3 Å². The van der Waals surface area contributed by atoms with E-state index < -0.39 is 5.41 Å². The van der Waals surface area contributed by atoms with E-state index in [1.165, 1.54) is 0 Å². The van der Waals surface area contributed by atoms with Gasteiger partial charge in [-0.1, -0.05) is 31.5 Å². The molecule has 0 atom stereocenters. The fourth-order valence-electron chi connectivity index (χ4n) is 3.26. The number of ether oxygens (including phenoxy) is 1. The lowest BCUT2D eigenvalue weighted by Crippen LogP contribution is -2.42. The maximum atomic E-state index is 13.2. The van der Waals surface area contributed by atoms with Crippen LogP contribution in [0.15, 0.2) is 42.5 Å². The molecule has 1 aliphatic heterocycles. The number of amides is 3. The Morgan fingerprint density at radius 2 is 1.73 bits per heavy atom. The Kier molecular flexibility index (Phi) is 6.34. The lowest BCUT2D eigenvalue weighted by Gasteiger charge is -2.28. The van der Waals surface area contributed by atoms with Gasteiger partial charge in [-0.3, -0.25) is 4.79 Å². The number of nitrogens with zero attached hydrogens (tertiary/aromatic N) is 1. The van der Waals surface area contributed by atoms with Crippen LogP contribution in [0.3, 0.4) is 0 Å². The maximum Gasteiger partial charge on any atom is 0.323 e. The quantitative estimate of drug-likeness (QED) is 0.691. The Morgan fingerprint density at radius 1 is 1.10 bits per heavy atom. The number of carbonyl (C=O) groups is 2. The van der Waals surface area contributed by atoms with Crippen LogP contribution in [0.4, 0.5) is 21.9 Å². The van der Waals surface area contributed by atoms with Gasteiger partial charge in [0, 0.05) is 17.9 Å². The average Bonchev–Trinajstić information content (AvgIpc) is 2.77. The number of carbonyl (C=O) groups excluding carboxylic acids is 2. The highest BCUT2D eigenvalue weighted by molar-refractivity contribution is 6.02. The first kappa shape index (κ1) is 21.7. The van der Waals surface area contributed by atoms with E-state index in [4.69, 9.17) is 4.74 Å². The van der Waals surface area contributed by atoms with E-state index in [-0.39, 0.29) is 11.9 Å². The molecule has 0 fully saturated rings. The SMILES string of the molecule is Cc1ccc(NC(=O)Nc2ccc3c(c2)N(CCC(C)C)C(=O)C(C)(C)CO3)cc1. The summed E-state index contributed by atoms with van der Waals surface area (Å²) in [6.45, 7) is 11.0. The molecule has 1 aliphatic rings. The number of anilines is 3. The Hall–Kier alpha value is -3.02. The second-order valence-electron chi connectivity index (χ2n) is 8.94. The molecule has 0 aliphatic carbocycles. The Balaban J connectivity index is 1.82. The number of fused-ring (bicyclic) bond motifs is 1. The molecule has 30 heavy (non-hydrogen) atoms. The summed E-state index contributed by atoms with van der Waals surface area (Å²) in [7, 11) is 0. The number of hydrogen-bond donors (Lipinski definition) is 2. The van der Waals surface area contributed by atoms with Gasteiger partial charge in [-0.05, 0) is 63.4 Å². The van der Waals surface area contributed by atoms with Crippen molar-refractivity contribution in [3.8, 4) is 5.75 Å². The van der Waals surface area contributed by atoms with E-state index in [9.17, 15) is 9.59 Å². The van der Waals surface area contributed by atoms with Gasteiger partial charge in [0.25, 0.3) is 0 Å². The zero-order valence-corrected chi connectivity index (χ0v) is 18.4. The molecule has 0 unspecified atom stereocenters. The fourth-order valence-corrected chi connectivity index (χ4v) is 3.26. The molecule has 1 heterocycles. The molecular weight excluding hydrogens is 378 g/mol. The molecule has 2 N–H and O–H groups in total. The summed E-state index contributed by atoms with van der Waals surface area (Å²) in [5.41, 5.74) is 2.52. The van der Waals surface area contributed by atoms with Crippen molar-refractivity contribution in [2.24, 2.45) is 11.3 Å². The van der Waals surface area contributed by atoms with Crippen LogP contribution in [0.2, 0.25) is 0 Å². The maximum absolute atomic E-state index is 13.2. The van der Waals surface area contributed by atoms with Crippen molar-refractivity contribution in [3.05, 3.63) is 48.0 Å². The fraction of sp³-hybridized carbons (Fsp3) is 0.417. The summed E-state index contributed by atoms with van der Waals surface area (Å²) in [6.07, 6.45) is 0.882. The smallest absolute Gasteiger partial charge is 0.323 e. The van der Waals surface area contributed by atoms with Gasteiger partial charge in [0.1, 0.15) is 12.4 Å². The minimum atomic E-state index is -0.619. The van der Waals surface area contributed by atoms with E-state index in [2.05, 4.69) is 24.5 Å². The van der Waals surface area contributed by atoms with Crippen LogP contribution in [0.1, 0.15) is 39.7 Å². The van der Waals surface area contributed by atoms with Crippen LogP contribution < -0.4 is 20.3 Å². The lowest BCUT2D eigenvalue weighted by atomic mass is 9.92. The molecule has 0 bridgehead atoms. The van der Waals surface area contributed by atoms with E-state index in [1.54, 1.807) is 11.0 Å². The Labute approximate surface area is 178 Å². The zero-order valence-electron chi connectivity index (χ0n) is 18.4. The minimum Gasteiger partial charge on any atom is -0.490 e. The van der Waals surface area contributed by atoms with Gasteiger partial charge in [0.15, 0.2) is 0 Å². The number of aryl methyl sites for hydroxylation is 1. The standard InChI is InChI=1S/C24H31N3O3/c1-16(2)12-13-27-20-14-19(10-11-21(20)30-15-24(4,5)22(27)28)26-23(29)25-18-8-6-17(3)7-9-18/h6-11,14,16H,12-13,15H2,1-5H3,(H2,25,26,29). The number of rotatable bonds is 5. The number of nitrogens with one attached hydrogen (secondary N) is 2. The molecular formula is C24H31N3O3. The first-order valence-corrected chi connectivity index (χ1v) is 10.4. The first-order chi connectivity index (χ1) is 14.2. The van der Waals surface area contributed by atoms with Crippen LogP contribution in [0.5, 0.6) is 5.75 Å². The molecule has 160 valence electrons. The van der Waals surface area contributed by atoms with Gasteiger partial charge in [0.2, 0.25) is 5.91 Å². The molecule has 0 aromatic heterocycles. The monoisotopic (exact) mass is 409 g/mol. The normalized spacial score (nSPS) is 15.3. The van der Waals surface area contributed by atoms with Crippen LogP contribution in [-0.2, 0) is 4.79 Å². The summed E-state index contributed by atoms with van der Waals surface area (Å²) in [5, 5.41) is 5.67. The highest BCUT2D eigenvalue weighted by Gasteiger charge is 2.37. The summed E-state index contributed by atoms with van der Waals surface area (Å²) >= 11 is 0. The zero-order chi connectivity index (χ0) is 21.9. The topological polar surface area (TPSA) is 70.7 Å². The van der Waals surface area contributed by atoms with Crippen molar-refractivity contribution in [1.82, 2.24) is 0 Å². The van der Waals surface area contributed by atoms with Crippen molar-refractivity contribution in [2.75, 3.05) is 28.7 Å². The highest BCUT2D eigenvalue weighted by Crippen LogP contribution is 2.38. The molecule has 0 spiro atoms. The summed E-state index contributed by atoms with van der Waals surface area (Å²) in [5.74, 6) is 1.15. The summed E-state index contributed by atoms with van der Waals surface area (Å²) < 4.78 is 5.95. The number of benzene rings is 2. The summed E-state index contributed by atoms with van der Waals surface area (Å²) in [4.78, 5) is 27.4. The van der Waals surface area contributed by atoms with Gasteiger partial charge >= 0.3 is 6.03 Å². The van der Waals surface area contributed by atoms with E-state index in [1.807, 2.05) is 57.2 Å². The van der Waals surface area contributed by atoms with Crippen molar-refractivity contribution in [3.63, 3.8) is 0 Å². The van der Waals surface area contributed by atoms with Crippen LogP contribution in [0, 0.1) is 18.3 Å². The third-order valence-electron chi connectivity index (χ3n) is 5.16. The van der Waals surface area contributed by atoms with Crippen molar-refractivity contribution in [2.45, 2.75) is 41.0 Å². The van der Waals surface area contributed by atoms with E-state index in [0.717, 1.165) is 12.0 Å². The molecule has 0 saturated carbocycles. The lowest BCUT2D eigenvalue weighted by molar-refractivity contribution is -0.127. The molecule has 2 aromatic rings. The summed E-state index contributed by atoms with van der Waals surface area (Å²) in [6, 6.07) is 12.7. The van der Waals surface area contributed by atoms with Gasteiger partial charge in [-0.15, -0.1) is 0 Å². The third kappa shape index (κ3) is 5.12. The first-order valence-electron chi connectivity index (χ1n) is 10.4. The van der Waals surface area contributed by atoms with E-state index in [0.29, 0.717) is 41.9 Å². The van der Waals surface area contributed by atoms with Gasteiger partial charge in [0.05, 0.1) is 11.1 Å². The predicted octanol–water partition coefficient (Wildman–Crippen LogP) is 5.44. The Bertz CT molecular complexity index is 920. The third-order valence-corrected chi connectivity index (χ3v) is 5.16. The van der Waals surface area contributed by atoms with Gasteiger partial charge in [-0.25, -0.2) is 4.79 Å².